The lowest BCUT2D eigenvalue weighted by Gasteiger charge is -2.05. The van der Waals surface area contributed by atoms with Gasteiger partial charge in [-0.15, -0.1) is 0 Å². The van der Waals surface area contributed by atoms with Gasteiger partial charge in [-0.3, -0.25) is 0 Å². The molecule has 1 heterocycles. The van der Waals surface area contributed by atoms with Crippen LogP contribution in [-0.2, 0) is 0 Å². The van der Waals surface area contributed by atoms with Gasteiger partial charge in [0.2, 0.25) is 6.79 Å². The van der Waals surface area contributed by atoms with Crippen LogP contribution in [0.1, 0.15) is 19.8 Å². The SMILES string of the molecule is CC(=CCOc1ccc2c(c1)OCO2)CCC=C(Cl)Cl. The third kappa shape index (κ3) is 4.66. The lowest BCUT2D eigenvalue weighted by molar-refractivity contribution is 0.174. The highest BCUT2D eigenvalue weighted by molar-refractivity contribution is 6.55. The molecule has 0 atom stereocenters. The summed E-state index contributed by atoms with van der Waals surface area (Å²) in [6.45, 7) is 2.84. The lowest BCUT2D eigenvalue weighted by Crippen LogP contribution is -1.95. The molecule has 3 nitrogen and oxygen atoms in total. The molecule has 1 aromatic rings. The highest BCUT2D eigenvalue weighted by Gasteiger charge is 2.13. The van der Waals surface area contributed by atoms with E-state index < -0.39 is 0 Å². The summed E-state index contributed by atoms with van der Waals surface area (Å²) in [5.74, 6) is 2.25. The van der Waals surface area contributed by atoms with Crippen molar-refractivity contribution in [2.24, 2.45) is 0 Å². The van der Waals surface area contributed by atoms with Crippen LogP contribution in [0.3, 0.4) is 0 Å². The molecule has 5 heteroatoms. The fourth-order valence-corrected chi connectivity index (χ4v) is 1.98. The van der Waals surface area contributed by atoms with Gasteiger partial charge in [0.25, 0.3) is 0 Å². The number of rotatable bonds is 6. The summed E-state index contributed by atoms with van der Waals surface area (Å²) in [4.78, 5) is 0. The molecule has 1 aliphatic heterocycles. The van der Waals surface area contributed by atoms with Gasteiger partial charge >= 0.3 is 0 Å². The maximum absolute atomic E-state index is 5.65. The number of benzene rings is 1. The standard InChI is InChI=1S/C15H16Cl2O3/c1-11(3-2-4-15(16)17)7-8-18-12-5-6-13-14(9-12)20-10-19-13/h4-7,9H,2-3,8,10H2,1H3. The fraction of sp³-hybridized carbons (Fsp3) is 0.333. The number of hydrogen-bond donors (Lipinski definition) is 0. The molecule has 1 aliphatic rings. The molecule has 0 aromatic heterocycles. The summed E-state index contributed by atoms with van der Waals surface area (Å²) < 4.78 is 16.5. The Morgan fingerprint density at radius 1 is 1.25 bits per heavy atom. The molecular weight excluding hydrogens is 299 g/mol. The molecule has 20 heavy (non-hydrogen) atoms. The summed E-state index contributed by atoms with van der Waals surface area (Å²) in [5, 5.41) is 0. The van der Waals surface area contributed by atoms with Crippen molar-refractivity contribution >= 4 is 23.2 Å². The van der Waals surface area contributed by atoms with E-state index in [-0.39, 0.29) is 6.79 Å². The number of allylic oxidation sites excluding steroid dienone is 2. The van der Waals surface area contributed by atoms with Crippen LogP contribution >= 0.6 is 23.2 Å². The van der Waals surface area contributed by atoms with Crippen LogP contribution in [0.25, 0.3) is 0 Å². The maximum Gasteiger partial charge on any atom is 0.231 e. The van der Waals surface area contributed by atoms with Crippen molar-refractivity contribution in [3.05, 3.63) is 40.4 Å². The third-order valence-corrected chi connectivity index (χ3v) is 3.17. The summed E-state index contributed by atoms with van der Waals surface area (Å²) in [6.07, 6.45) is 5.57. The van der Waals surface area contributed by atoms with Gasteiger partial charge in [-0.05, 0) is 38.0 Å². The maximum atomic E-state index is 5.65. The largest absolute Gasteiger partial charge is 0.489 e. The molecule has 2 rings (SSSR count). The van der Waals surface area contributed by atoms with Gasteiger partial charge < -0.3 is 14.2 Å². The molecule has 0 fully saturated rings. The van der Waals surface area contributed by atoms with Crippen molar-refractivity contribution in [1.29, 1.82) is 0 Å². The van der Waals surface area contributed by atoms with E-state index in [1.54, 1.807) is 6.08 Å². The molecule has 0 unspecified atom stereocenters. The van der Waals surface area contributed by atoms with Crippen molar-refractivity contribution in [3.63, 3.8) is 0 Å². The van der Waals surface area contributed by atoms with Gasteiger partial charge in [0.05, 0.1) is 0 Å². The van der Waals surface area contributed by atoms with Crippen LogP contribution in [0.4, 0.5) is 0 Å². The molecular formula is C15H16Cl2O3. The average molecular weight is 315 g/mol. The van der Waals surface area contributed by atoms with Gasteiger partial charge in [0, 0.05) is 6.07 Å². The first-order chi connectivity index (χ1) is 9.65. The average Bonchev–Trinajstić information content (AvgIpc) is 2.85. The zero-order valence-electron chi connectivity index (χ0n) is 11.2. The Morgan fingerprint density at radius 2 is 2.05 bits per heavy atom. The van der Waals surface area contributed by atoms with E-state index in [0.29, 0.717) is 11.1 Å². The van der Waals surface area contributed by atoms with E-state index in [9.17, 15) is 0 Å². The first-order valence-corrected chi connectivity index (χ1v) is 7.10. The Hall–Kier alpha value is -1.32. The first kappa shape index (κ1) is 15.1. The molecule has 108 valence electrons. The Balaban J connectivity index is 1.79. The molecule has 1 aromatic carbocycles. The quantitative estimate of drug-likeness (QED) is 0.703. The monoisotopic (exact) mass is 314 g/mol. The predicted molar refractivity (Wildman–Crippen MR) is 80.8 cm³/mol. The molecule has 0 amide bonds. The van der Waals surface area contributed by atoms with Crippen LogP contribution < -0.4 is 14.2 Å². The van der Waals surface area contributed by atoms with Crippen molar-refractivity contribution in [3.8, 4) is 17.2 Å². The van der Waals surface area contributed by atoms with Gasteiger partial charge in [0.15, 0.2) is 11.5 Å². The van der Waals surface area contributed by atoms with Gasteiger partial charge in [-0.1, -0.05) is 34.9 Å². The van der Waals surface area contributed by atoms with E-state index in [4.69, 9.17) is 37.4 Å². The number of halogens is 2. The normalized spacial score (nSPS) is 13.2. The van der Waals surface area contributed by atoms with Crippen LogP contribution in [-0.4, -0.2) is 13.4 Å². The molecule has 0 saturated carbocycles. The lowest BCUT2D eigenvalue weighted by atomic mass is 10.1. The summed E-state index contributed by atoms with van der Waals surface area (Å²) in [6, 6.07) is 5.55. The highest BCUT2D eigenvalue weighted by atomic mass is 35.5. The van der Waals surface area contributed by atoms with E-state index in [0.717, 1.165) is 30.1 Å². The van der Waals surface area contributed by atoms with Crippen LogP contribution in [0.5, 0.6) is 17.2 Å². The Morgan fingerprint density at radius 3 is 2.85 bits per heavy atom. The van der Waals surface area contributed by atoms with Crippen molar-refractivity contribution in [2.75, 3.05) is 13.4 Å². The van der Waals surface area contributed by atoms with E-state index >= 15 is 0 Å². The Labute approximate surface area is 128 Å². The predicted octanol–water partition coefficient (Wildman–Crippen LogP) is 4.84. The second-order valence-corrected chi connectivity index (χ2v) is 5.42. The van der Waals surface area contributed by atoms with Crippen LogP contribution in [0.15, 0.2) is 40.4 Å². The summed E-state index contributed by atoms with van der Waals surface area (Å²) in [5.41, 5.74) is 1.23. The van der Waals surface area contributed by atoms with E-state index in [1.807, 2.05) is 24.3 Å². The second kappa shape index (κ2) is 7.46. The zero-order chi connectivity index (χ0) is 14.4. The minimum Gasteiger partial charge on any atom is -0.489 e. The van der Waals surface area contributed by atoms with Crippen LogP contribution in [0, 0.1) is 0 Å². The first-order valence-electron chi connectivity index (χ1n) is 6.34. The summed E-state index contributed by atoms with van der Waals surface area (Å²) >= 11 is 11.1. The van der Waals surface area contributed by atoms with E-state index in [1.165, 1.54) is 5.57 Å². The minimum absolute atomic E-state index is 0.272. The van der Waals surface area contributed by atoms with Gasteiger partial charge in [-0.25, -0.2) is 0 Å². The zero-order valence-corrected chi connectivity index (χ0v) is 12.7. The molecule has 0 saturated heterocycles. The molecule has 0 spiro atoms. The fourth-order valence-electron chi connectivity index (χ4n) is 1.76. The molecule has 0 bridgehead atoms. The number of ether oxygens (including phenoxy) is 3. The van der Waals surface area contributed by atoms with Gasteiger partial charge in [-0.2, -0.15) is 0 Å². The smallest absolute Gasteiger partial charge is 0.231 e. The third-order valence-electron chi connectivity index (χ3n) is 2.86. The topological polar surface area (TPSA) is 27.7 Å². The number of hydrogen-bond acceptors (Lipinski definition) is 3. The molecule has 0 N–H and O–H groups in total. The Kier molecular flexibility index (Phi) is 5.62. The highest BCUT2D eigenvalue weighted by Crippen LogP contribution is 2.35. The van der Waals surface area contributed by atoms with Gasteiger partial charge in [0.1, 0.15) is 16.8 Å². The molecule has 0 aliphatic carbocycles. The van der Waals surface area contributed by atoms with Crippen molar-refractivity contribution < 1.29 is 14.2 Å². The number of fused-ring (bicyclic) bond motifs is 1. The Bertz CT molecular complexity index is 520. The van der Waals surface area contributed by atoms with E-state index in [2.05, 4.69) is 6.92 Å². The second-order valence-electron chi connectivity index (χ2n) is 4.41. The van der Waals surface area contributed by atoms with Crippen molar-refractivity contribution in [2.45, 2.75) is 19.8 Å². The minimum atomic E-state index is 0.272. The summed E-state index contributed by atoms with van der Waals surface area (Å²) in [7, 11) is 0. The molecule has 0 radical (unpaired) electrons. The van der Waals surface area contributed by atoms with Crippen LogP contribution in [0.2, 0.25) is 0 Å². The van der Waals surface area contributed by atoms with Crippen molar-refractivity contribution in [1.82, 2.24) is 0 Å².